The van der Waals surface area contributed by atoms with E-state index in [1.807, 2.05) is 0 Å². The van der Waals surface area contributed by atoms with Gasteiger partial charge in [-0.3, -0.25) is 9.59 Å². The summed E-state index contributed by atoms with van der Waals surface area (Å²) >= 11 is 0. The molecule has 1 rings (SSSR count). The largest absolute Gasteiger partial charge is 0.465 e. The Morgan fingerprint density at radius 2 is 2.29 bits per heavy atom. The minimum atomic E-state index is -0.956. The first kappa shape index (κ1) is 10.7. The third-order valence-corrected chi connectivity index (χ3v) is 1.96. The van der Waals surface area contributed by atoms with E-state index >= 15 is 0 Å². The van der Waals surface area contributed by atoms with Gasteiger partial charge in [-0.05, 0) is 19.8 Å². The van der Waals surface area contributed by atoms with Gasteiger partial charge in [0.25, 0.3) is 5.78 Å². The van der Waals surface area contributed by atoms with Crippen molar-refractivity contribution in [1.82, 2.24) is 0 Å². The van der Waals surface area contributed by atoms with Crippen LogP contribution in [0.5, 0.6) is 0 Å². The molecule has 0 N–H and O–H groups in total. The lowest BCUT2D eigenvalue weighted by atomic mass is 9.97. The lowest BCUT2D eigenvalue weighted by Crippen LogP contribution is -2.35. The molecule has 0 aromatic heterocycles. The molecular formula is C9H12O5. The summed E-state index contributed by atoms with van der Waals surface area (Å²) in [6.07, 6.45) is 0.984. The maximum absolute atomic E-state index is 11.3. The quantitative estimate of drug-likeness (QED) is 0.366. The molecule has 1 saturated heterocycles. The summed E-state index contributed by atoms with van der Waals surface area (Å²) in [5.41, 5.74) is 0. The first-order valence-electron chi connectivity index (χ1n) is 4.54. The van der Waals surface area contributed by atoms with Gasteiger partial charge in [0.1, 0.15) is 5.92 Å². The number of hydrogen-bond donors (Lipinski definition) is 0. The molecule has 0 amide bonds. The fraction of sp³-hybridized carbons (Fsp3) is 0.667. The highest BCUT2D eigenvalue weighted by atomic mass is 16.5. The summed E-state index contributed by atoms with van der Waals surface area (Å²) in [5.74, 6) is -3.31. The average Bonchev–Trinajstić information content (AvgIpc) is 2.18. The molecule has 0 aliphatic carbocycles. The van der Waals surface area contributed by atoms with E-state index < -0.39 is 23.6 Å². The molecule has 1 aliphatic heterocycles. The highest BCUT2D eigenvalue weighted by Crippen LogP contribution is 2.16. The van der Waals surface area contributed by atoms with Crippen molar-refractivity contribution in [1.29, 1.82) is 0 Å². The van der Waals surface area contributed by atoms with Crippen LogP contribution in [-0.4, -0.2) is 30.9 Å². The molecule has 5 nitrogen and oxygen atoms in total. The van der Waals surface area contributed by atoms with Crippen molar-refractivity contribution in [3.05, 3.63) is 0 Å². The van der Waals surface area contributed by atoms with Crippen molar-refractivity contribution < 1.29 is 23.9 Å². The molecule has 0 spiro atoms. The first-order chi connectivity index (χ1) is 6.66. The second-order valence-electron chi connectivity index (χ2n) is 2.95. The maximum Gasteiger partial charge on any atom is 0.375 e. The molecule has 0 radical (unpaired) electrons. The lowest BCUT2D eigenvalue weighted by molar-refractivity contribution is -0.164. The molecule has 78 valence electrons. The predicted octanol–water partition coefficient (Wildman–Crippen LogP) is 0.0718. The van der Waals surface area contributed by atoms with Gasteiger partial charge in [-0.25, -0.2) is 4.79 Å². The van der Waals surface area contributed by atoms with Gasteiger partial charge in [-0.2, -0.15) is 0 Å². The van der Waals surface area contributed by atoms with Crippen LogP contribution in [-0.2, 0) is 23.9 Å². The third-order valence-electron chi connectivity index (χ3n) is 1.96. The molecule has 1 aliphatic rings. The van der Waals surface area contributed by atoms with E-state index in [9.17, 15) is 14.4 Å². The number of ether oxygens (including phenoxy) is 2. The van der Waals surface area contributed by atoms with Crippen LogP contribution >= 0.6 is 0 Å². The summed E-state index contributed by atoms with van der Waals surface area (Å²) in [6.45, 7) is 2.06. The van der Waals surface area contributed by atoms with Crippen LogP contribution < -0.4 is 0 Å². The van der Waals surface area contributed by atoms with Gasteiger partial charge in [0.15, 0.2) is 0 Å². The summed E-state index contributed by atoms with van der Waals surface area (Å²) in [4.78, 5) is 33.4. The van der Waals surface area contributed by atoms with Gasteiger partial charge in [-0.1, -0.05) is 0 Å². The monoisotopic (exact) mass is 200 g/mol. The molecule has 0 aromatic rings. The molecule has 0 bridgehead atoms. The van der Waals surface area contributed by atoms with E-state index in [-0.39, 0.29) is 6.61 Å². The Bertz CT molecular complexity index is 258. The summed E-state index contributed by atoms with van der Waals surface area (Å²) in [6, 6.07) is 0. The smallest absolute Gasteiger partial charge is 0.375 e. The Morgan fingerprint density at radius 1 is 1.57 bits per heavy atom. The van der Waals surface area contributed by atoms with Crippen molar-refractivity contribution in [2.45, 2.75) is 19.8 Å². The number of esters is 2. The molecule has 5 heteroatoms. The maximum atomic E-state index is 11.3. The molecule has 1 atom stereocenters. The summed E-state index contributed by atoms with van der Waals surface area (Å²) < 4.78 is 9.18. The van der Waals surface area contributed by atoms with E-state index in [4.69, 9.17) is 0 Å². The van der Waals surface area contributed by atoms with Gasteiger partial charge in [-0.15, -0.1) is 0 Å². The van der Waals surface area contributed by atoms with E-state index in [1.54, 1.807) is 6.92 Å². The zero-order chi connectivity index (χ0) is 10.6. The number of Topliss-reactive ketones (excluding diaryl/α,β-unsaturated/α-hetero) is 1. The molecular weight excluding hydrogens is 188 g/mol. The SMILES string of the molecule is CCOC(=O)C(=O)C1CCCOC1=O. The van der Waals surface area contributed by atoms with Crippen molar-refractivity contribution in [2.24, 2.45) is 5.92 Å². The van der Waals surface area contributed by atoms with Crippen LogP contribution in [0.2, 0.25) is 0 Å². The molecule has 14 heavy (non-hydrogen) atoms. The van der Waals surface area contributed by atoms with E-state index in [1.165, 1.54) is 0 Å². The molecule has 1 fully saturated rings. The average molecular weight is 200 g/mol. The van der Waals surface area contributed by atoms with Crippen molar-refractivity contribution in [2.75, 3.05) is 13.2 Å². The minimum Gasteiger partial charge on any atom is -0.465 e. The minimum absolute atomic E-state index is 0.131. The van der Waals surface area contributed by atoms with Crippen LogP contribution in [0.4, 0.5) is 0 Å². The van der Waals surface area contributed by atoms with E-state index in [0.717, 1.165) is 0 Å². The lowest BCUT2D eigenvalue weighted by Gasteiger charge is -2.18. The molecule has 0 saturated carbocycles. The number of ketones is 1. The van der Waals surface area contributed by atoms with Crippen molar-refractivity contribution in [3.8, 4) is 0 Å². The Labute approximate surface area is 81.4 Å². The number of carbonyl (C=O) groups is 3. The number of rotatable bonds is 3. The van der Waals surface area contributed by atoms with Crippen LogP contribution in [0.3, 0.4) is 0 Å². The van der Waals surface area contributed by atoms with Gasteiger partial charge < -0.3 is 9.47 Å². The Balaban J connectivity index is 2.58. The Hall–Kier alpha value is -1.39. The summed E-state index contributed by atoms with van der Waals surface area (Å²) in [7, 11) is 0. The third kappa shape index (κ3) is 2.31. The molecule has 1 unspecified atom stereocenters. The molecule has 0 aromatic carbocycles. The van der Waals surface area contributed by atoms with Crippen LogP contribution in [0.1, 0.15) is 19.8 Å². The second kappa shape index (κ2) is 4.74. The van der Waals surface area contributed by atoms with Crippen LogP contribution in [0.25, 0.3) is 0 Å². The summed E-state index contributed by atoms with van der Waals surface area (Å²) in [5, 5.41) is 0. The Kier molecular flexibility index (Phi) is 3.62. The zero-order valence-corrected chi connectivity index (χ0v) is 7.95. The molecule has 1 heterocycles. The van der Waals surface area contributed by atoms with Gasteiger partial charge in [0.05, 0.1) is 13.2 Å². The van der Waals surface area contributed by atoms with Gasteiger partial charge in [0, 0.05) is 0 Å². The van der Waals surface area contributed by atoms with Gasteiger partial charge in [0.2, 0.25) is 0 Å². The zero-order valence-electron chi connectivity index (χ0n) is 7.95. The van der Waals surface area contributed by atoms with E-state index in [0.29, 0.717) is 19.4 Å². The number of carbonyl (C=O) groups excluding carboxylic acids is 3. The fourth-order valence-electron chi connectivity index (χ4n) is 1.26. The van der Waals surface area contributed by atoms with Crippen molar-refractivity contribution >= 4 is 17.7 Å². The predicted molar refractivity (Wildman–Crippen MR) is 45.3 cm³/mol. The number of cyclic esters (lactones) is 1. The highest BCUT2D eigenvalue weighted by molar-refractivity contribution is 6.37. The Morgan fingerprint density at radius 3 is 2.86 bits per heavy atom. The first-order valence-corrected chi connectivity index (χ1v) is 4.54. The van der Waals surface area contributed by atoms with Crippen molar-refractivity contribution in [3.63, 3.8) is 0 Å². The fourth-order valence-corrected chi connectivity index (χ4v) is 1.26. The van der Waals surface area contributed by atoms with Crippen LogP contribution in [0, 0.1) is 5.92 Å². The topological polar surface area (TPSA) is 69.7 Å². The highest BCUT2D eigenvalue weighted by Gasteiger charge is 2.35. The standard InChI is InChI=1S/C9H12O5/c1-2-13-9(12)7(10)6-4-3-5-14-8(6)11/h6H,2-5H2,1H3. The van der Waals surface area contributed by atoms with Crippen LogP contribution in [0.15, 0.2) is 0 Å². The number of hydrogen-bond acceptors (Lipinski definition) is 5. The van der Waals surface area contributed by atoms with E-state index in [2.05, 4.69) is 9.47 Å². The normalized spacial score (nSPS) is 21.2. The second-order valence-corrected chi connectivity index (χ2v) is 2.95. The van der Waals surface area contributed by atoms with Gasteiger partial charge >= 0.3 is 11.9 Å².